The van der Waals surface area contributed by atoms with Gasteiger partial charge in [0, 0.05) is 49.0 Å². The van der Waals surface area contributed by atoms with E-state index in [0.29, 0.717) is 16.6 Å². The molecule has 8 rings (SSSR count). The number of nitrogens with zero attached hydrogens (tertiary/aromatic N) is 7. The van der Waals surface area contributed by atoms with Crippen LogP contribution < -0.4 is 9.74 Å². The number of para-hydroxylation sites is 1. The van der Waals surface area contributed by atoms with Crippen LogP contribution in [-0.2, 0) is 0 Å². The number of anilines is 1. The summed E-state index contributed by atoms with van der Waals surface area (Å²) in [6.45, 7) is 4.35. The predicted octanol–water partition coefficient (Wildman–Crippen LogP) is 6.73. The van der Waals surface area contributed by atoms with E-state index < -0.39 is 5.97 Å². The molecule has 1 aliphatic heterocycles. The minimum atomic E-state index is -0.516. The monoisotopic (exact) mass is 641 g/mol. The second-order valence-electron chi connectivity index (χ2n) is 12.3. The van der Waals surface area contributed by atoms with Crippen LogP contribution >= 0.6 is 11.3 Å². The fraction of sp³-hybridized carbons (Fsp3) is 0.270. The highest BCUT2D eigenvalue weighted by atomic mass is 32.1. The smallest absolute Gasteiger partial charge is 0.365 e. The molecule has 0 unspecified atom stereocenters. The Morgan fingerprint density at radius 1 is 0.681 bits per heavy atom. The molecule has 1 aliphatic carbocycles. The third kappa shape index (κ3) is 6.26. The summed E-state index contributed by atoms with van der Waals surface area (Å²) in [7, 11) is 0. The second kappa shape index (κ2) is 13.1. The van der Waals surface area contributed by atoms with Crippen molar-refractivity contribution in [3.63, 3.8) is 0 Å². The van der Waals surface area contributed by atoms with E-state index in [1.54, 1.807) is 18.2 Å². The van der Waals surface area contributed by atoms with Crippen molar-refractivity contribution in [2.45, 2.75) is 37.6 Å². The molecule has 0 N–H and O–H groups in total. The second-order valence-corrected chi connectivity index (χ2v) is 13.3. The van der Waals surface area contributed by atoms with Gasteiger partial charge in [0.05, 0.1) is 5.56 Å². The van der Waals surface area contributed by atoms with Crippen LogP contribution in [0.4, 0.5) is 5.69 Å². The Balaban J connectivity index is 0.848. The summed E-state index contributed by atoms with van der Waals surface area (Å²) in [6, 6.07) is 34.9. The minimum absolute atomic E-state index is 0.407. The van der Waals surface area contributed by atoms with Gasteiger partial charge >= 0.3 is 5.97 Å². The molecule has 0 spiro atoms. The quantitative estimate of drug-likeness (QED) is 0.177. The van der Waals surface area contributed by atoms with Gasteiger partial charge in [0.15, 0.2) is 0 Å². The van der Waals surface area contributed by atoms with Crippen molar-refractivity contribution in [3.05, 3.63) is 114 Å². The van der Waals surface area contributed by atoms with Gasteiger partial charge < -0.3 is 9.74 Å². The number of benzene rings is 4. The van der Waals surface area contributed by atoms with Crippen molar-refractivity contribution in [2.75, 3.05) is 31.1 Å². The molecule has 0 bridgehead atoms. The van der Waals surface area contributed by atoms with E-state index in [1.807, 2.05) is 30.3 Å². The summed E-state index contributed by atoms with van der Waals surface area (Å²) in [5.41, 5.74) is 6.39. The van der Waals surface area contributed by atoms with Gasteiger partial charge in [-0.2, -0.15) is 0 Å². The number of aromatic nitrogens is 5. The van der Waals surface area contributed by atoms with Crippen LogP contribution in [0.1, 0.15) is 47.5 Å². The lowest BCUT2D eigenvalue weighted by Gasteiger charge is -2.42. The first-order valence-electron chi connectivity index (χ1n) is 16.3. The van der Waals surface area contributed by atoms with Gasteiger partial charge in [-0.1, -0.05) is 70.8 Å². The van der Waals surface area contributed by atoms with Crippen LogP contribution in [0.25, 0.3) is 32.2 Å². The minimum Gasteiger partial charge on any atom is -0.369 e. The molecule has 2 fully saturated rings. The van der Waals surface area contributed by atoms with E-state index in [0.717, 1.165) is 64.1 Å². The summed E-state index contributed by atoms with van der Waals surface area (Å²) < 4.78 is 0. The number of hydrogen-bond donors (Lipinski definition) is 0. The maximum atomic E-state index is 12.7. The average Bonchev–Trinajstić information content (AvgIpc) is 3.81. The molecule has 2 aliphatic rings. The number of hydrogen-bond acceptors (Lipinski definition) is 9. The van der Waals surface area contributed by atoms with Crippen LogP contribution in [0.3, 0.4) is 0 Å². The zero-order valence-electron chi connectivity index (χ0n) is 26.0. The van der Waals surface area contributed by atoms with Crippen LogP contribution in [-0.4, -0.2) is 68.4 Å². The SMILES string of the molecule is O=C(On1nnc2ccccc21)c1ccc(-c2nnc(-c3ccc(N4CCN(C5CCC(c6ccccc6)CC5)CC4)cc3)s2)cc1. The first-order valence-corrected chi connectivity index (χ1v) is 17.1. The zero-order chi connectivity index (χ0) is 31.6. The van der Waals surface area contributed by atoms with Crippen molar-refractivity contribution in [3.8, 4) is 21.1 Å². The Kier molecular flexibility index (Phi) is 8.19. The molecule has 6 aromatic rings. The molecule has 1 saturated heterocycles. The van der Waals surface area contributed by atoms with Crippen LogP contribution in [0.2, 0.25) is 0 Å². The fourth-order valence-electron chi connectivity index (χ4n) is 6.91. The van der Waals surface area contributed by atoms with Gasteiger partial charge in [-0.15, -0.1) is 15.3 Å². The molecule has 47 heavy (non-hydrogen) atoms. The molecular weight excluding hydrogens is 607 g/mol. The number of piperazine rings is 1. The third-order valence-corrected chi connectivity index (χ3v) is 10.6. The highest BCUT2D eigenvalue weighted by molar-refractivity contribution is 7.17. The average molecular weight is 642 g/mol. The Bertz CT molecular complexity index is 1960. The molecule has 236 valence electrons. The van der Waals surface area contributed by atoms with Gasteiger partial charge in [-0.05, 0) is 90.9 Å². The van der Waals surface area contributed by atoms with E-state index in [2.05, 4.69) is 84.9 Å². The highest BCUT2D eigenvalue weighted by Crippen LogP contribution is 2.36. The maximum Gasteiger partial charge on any atom is 0.365 e. The zero-order valence-corrected chi connectivity index (χ0v) is 26.8. The summed E-state index contributed by atoms with van der Waals surface area (Å²) in [5.74, 6) is 0.207. The Labute approximate surface area is 277 Å². The number of carbonyl (C=O) groups excluding carboxylic acids is 1. The fourth-order valence-corrected chi connectivity index (χ4v) is 7.77. The Morgan fingerprint density at radius 3 is 2.02 bits per heavy atom. The summed E-state index contributed by atoms with van der Waals surface area (Å²) in [4.78, 5) is 24.5. The molecule has 0 atom stereocenters. The molecule has 0 radical (unpaired) electrons. The molecule has 9 nitrogen and oxygen atoms in total. The number of fused-ring (bicyclic) bond motifs is 1. The third-order valence-electron chi connectivity index (χ3n) is 9.56. The molecular formula is C37H35N7O2S. The predicted molar refractivity (Wildman–Crippen MR) is 184 cm³/mol. The molecule has 0 amide bonds. The Morgan fingerprint density at radius 2 is 1.32 bits per heavy atom. The number of rotatable bonds is 7. The van der Waals surface area contributed by atoms with E-state index in [4.69, 9.17) is 4.84 Å². The molecule has 10 heteroatoms. The Hall–Kier alpha value is -4.93. The molecule has 1 saturated carbocycles. The van der Waals surface area contributed by atoms with Crippen molar-refractivity contribution >= 4 is 34.0 Å². The van der Waals surface area contributed by atoms with Crippen LogP contribution in [0.15, 0.2) is 103 Å². The van der Waals surface area contributed by atoms with Gasteiger partial charge in [-0.25, -0.2) is 4.79 Å². The largest absolute Gasteiger partial charge is 0.369 e. The summed E-state index contributed by atoms with van der Waals surface area (Å²) >= 11 is 1.53. The van der Waals surface area contributed by atoms with Crippen molar-refractivity contribution in [1.82, 2.24) is 30.3 Å². The van der Waals surface area contributed by atoms with Crippen LogP contribution in [0.5, 0.6) is 0 Å². The lowest BCUT2D eigenvalue weighted by molar-refractivity contribution is 0.0409. The topological polar surface area (TPSA) is 89.3 Å². The first-order chi connectivity index (χ1) is 23.2. The molecule has 4 aromatic carbocycles. The summed E-state index contributed by atoms with van der Waals surface area (Å²) in [5, 5.41) is 18.5. The highest BCUT2D eigenvalue weighted by Gasteiger charge is 2.29. The summed E-state index contributed by atoms with van der Waals surface area (Å²) in [6.07, 6.45) is 5.20. The standard InChI is InChI=1S/C37H35N7O2S/c45-37(46-44-34-9-5-4-8-33(34)38-41-44)30-12-10-28(11-13-30)35-39-40-36(47-35)29-16-20-32(21-17-29)43-24-22-42(23-25-43)31-18-14-27(15-19-31)26-6-2-1-3-7-26/h1-13,16-17,20-21,27,31H,14-15,18-19,22-25H2. The van der Waals surface area contributed by atoms with Crippen molar-refractivity contribution < 1.29 is 9.63 Å². The normalized spacial score (nSPS) is 18.8. The van der Waals surface area contributed by atoms with Gasteiger partial charge in [0.25, 0.3) is 0 Å². The van der Waals surface area contributed by atoms with E-state index in [-0.39, 0.29) is 0 Å². The van der Waals surface area contributed by atoms with Crippen LogP contribution in [0, 0.1) is 0 Å². The first kappa shape index (κ1) is 29.5. The lowest BCUT2D eigenvalue weighted by atomic mass is 9.81. The van der Waals surface area contributed by atoms with E-state index >= 15 is 0 Å². The van der Waals surface area contributed by atoms with Crippen molar-refractivity contribution in [1.29, 1.82) is 0 Å². The van der Waals surface area contributed by atoms with Gasteiger partial charge in [0.2, 0.25) is 0 Å². The van der Waals surface area contributed by atoms with Gasteiger partial charge in [-0.3, -0.25) is 4.90 Å². The lowest BCUT2D eigenvalue weighted by Crippen LogP contribution is -2.51. The van der Waals surface area contributed by atoms with Crippen molar-refractivity contribution in [2.24, 2.45) is 0 Å². The molecule has 3 heterocycles. The van der Waals surface area contributed by atoms with Gasteiger partial charge in [0.1, 0.15) is 21.0 Å². The number of carbonyl (C=O) groups is 1. The van der Waals surface area contributed by atoms with E-state index in [1.165, 1.54) is 48.3 Å². The molecule has 2 aromatic heterocycles. The van der Waals surface area contributed by atoms with E-state index in [9.17, 15) is 4.79 Å². The maximum absolute atomic E-state index is 12.7.